The van der Waals surface area contributed by atoms with Crippen molar-refractivity contribution in [2.24, 2.45) is 5.73 Å². The Balaban J connectivity index is 2.64. The largest absolute Gasteiger partial charge is 0.497 e. The molecule has 1 amide bonds. The van der Waals surface area contributed by atoms with E-state index in [0.717, 1.165) is 12.1 Å². The summed E-state index contributed by atoms with van der Waals surface area (Å²) < 4.78 is 32.2. The summed E-state index contributed by atoms with van der Waals surface area (Å²) >= 11 is 0. The number of carbonyl (C=O) groups is 1. The highest BCUT2D eigenvalue weighted by molar-refractivity contribution is 5.96. The molecule has 0 atom stereocenters. The molecule has 0 saturated heterocycles. The molecule has 0 aliphatic rings. The van der Waals surface area contributed by atoms with Crippen LogP contribution in [0.3, 0.4) is 0 Å². The standard InChI is InChI=1S/C10H8F2N4O2/c1-18-4-2-5(11)7(6(12)3-4)8-9(10(13)17)15-16-14-8/h2-3H,1H3,(H2,13,17)(H,14,15,16). The zero-order chi connectivity index (χ0) is 13.3. The van der Waals surface area contributed by atoms with Gasteiger partial charge in [0.15, 0.2) is 5.69 Å². The number of primary amides is 1. The van der Waals surface area contributed by atoms with Crippen molar-refractivity contribution in [3.8, 4) is 17.0 Å². The van der Waals surface area contributed by atoms with Gasteiger partial charge < -0.3 is 10.5 Å². The average Bonchev–Trinajstić information content (AvgIpc) is 2.77. The van der Waals surface area contributed by atoms with E-state index < -0.39 is 23.1 Å². The van der Waals surface area contributed by atoms with E-state index in [1.807, 2.05) is 0 Å². The summed E-state index contributed by atoms with van der Waals surface area (Å²) in [5.74, 6) is -2.78. The minimum absolute atomic E-state index is 0.0119. The van der Waals surface area contributed by atoms with Crippen molar-refractivity contribution in [2.45, 2.75) is 0 Å². The Morgan fingerprint density at radius 3 is 2.44 bits per heavy atom. The van der Waals surface area contributed by atoms with Crippen LogP contribution in [0.5, 0.6) is 5.75 Å². The second-order valence-corrected chi connectivity index (χ2v) is 3.35. The number of hydrogen-bond acceptors (Lipinski definition) is 4. The summed E-state index contributed by atoms with van der Waals surface area (Å²) in [7, 11) is 1.28. The van der Waals surface area contributed by atoms with Crippen LogP contribution in [0.25, 0.3) is 11.3 Å². The summed E-state index contributed by atoms with van der Waals surface area (Å²) in [5, 5.41) is 9.06. The second-order valence-electron chi connectivity index (χ2n) is 3.35. The van der Waals surface area contributed by atoms with Crippen molar-refractivity contribution in [3.05, 3.63) is 29.5 Å². The Labute approximate surface area is 99.7 Å². The topological polar surface area (TPSA) is 93.9 Å². The Bertz CT molecular complexity index is 589. The first-order valence-corrected chi connectivity index (χ1v) is 4.78. The van der Waals surface area contributed by atoms with Gasteiger partial charge >= 0.3 is 0 Å². The highest BCUT2D eigenvalue weighted by Crippen LogP contribution is 2.29. The molecule has 0 aliphatic heterocycles. The number of nitrogens with one attached hydrogen (secondary N) is 1. The van der Waals surface area contributed by atoms with Crippen LogP contribution in [-0.4, -0.2) is 28.4 Å². The number of methoxy groups -OCH3 is 1. The smallest absolute Gasteiger partial charge is 0.271 e. The summed E-state index contributed by atoms with van der Waals surface area (Å²) in [6.07, 6.45) is 0. The van der Waals surface area contributed by atoms with Crippen LogP contribution in [0, 0.1) is 11.6 Å². The number of ether oxygens (including phenoxy) is 1. The third-order valence-electron chi connectivity index (χ3n) is 2.27. The van der Waals surface area contributed by atoms with Crippen molar-refractivity contribution in [3.63, 3.8) is 0 Å². The van der Waals surface area contributed by atoms with Crippen LogP contribution >= 0.6 is 0 Å². The summed E-state index contributed by atoms with van der Waals surface area (Å²) in [5.41, 5.74) is 3.92. The molecule has 6 nitrogen and oxygen atoms in total. The van der Waals surface area contributed by atoms with Crippen molar-refractivity contribution >= 4 is 5.91 Å². The van der Waals surface area contributed by atoms with Gasteiger partial charge in [-0.15, -0.1) is 0 Å². The third kappa shape index (κ3) is 1.88. The molecule has 8 heteroatoms. The quantitative estimate of drug-likeness (QED) is 0.849. The summed E-state index contributed by atoms with van der Waals surface area (Å²) in [4.78, 5) is 11.0. The van der Waals surface area contributed by atoms with Gasteiger partial charge in [-0.3, -0.25) is 4.79 Å². The van der Waals surface area contributed by atoms with Crippen LogP contribution in [0.2, 0.25) is 0 Å². The van der Waals surface area contributed by atoms with Gasteiger partial charge in [-0.1, -0.05) is 0 Å². The molecule has 0 aliphatic carbocycles. The maximum atomic E-state index is 13.8. The molecule has 0 spiro atoms. The number of rotatable bonds is 3. The Kier molecular flexibility index (Phi) is 2.92. The highest BCUT2D eigenvalue weighted by atomic mass is 19.1. The van der Waals surface area contributed by atoms with Crippen molar-refractivity contribution < 1.29 is 18.3 Å². The predicted molar refractivity (Wildman–Crippen MR) is 56.8 cm³/mol. The van der Waals surface area contributed by atoms with Gasteiger partial charge in [0.05, 0.1) is 12.7 Å². The Morgan fingerprint density at radius 2 is 1.94 bits per heavy atom. The molecule has 0 bridgehead atoms. The van der Waals surface area contributed by atoms with Crippen LogP contribution in [0.15, 0.2) is 12.1 Å². The molecule has 1 aromatic heterocycles. The van der Waals surface area contributed by atoms with Gasteiger partial charge in [0.25, 0.3) is 5.91 Å². The van der Waals surface area contributed by atoms with E-state index in [9.17, 15) is 13.6 Å². The van der Waals surface area contributed by atoms with Crippen molar-refractivity contribution in [1.29, 1.82) is 0 Å². The molecule has 94 valence electrons. The first-order valence-electron chi connectivity index (χ1n) is 4.78. The van der Waals surface area contributed by atoms with Gasteiger partial charge in [0, 0.05) is 12.1 Å². The molecular formula is C10H8F2N4O2. The molecule has 0 radical (unpaired) electrons. The van der Waals surface area contributed by atoms with Gasteiger partial charge in [-0.05, 0) is 0 Å². The Morgan fingerprint density at radius 1 is 1.33 bits per heavy atom. The minimum atomic E-state index is -0.937. The molecule has 3 N–H and O–H groups in total. The number of aromatic amines is 1. The lowest BCUT2D eigenvalue weighted by Crippen LogP contribution is -2.13. The summed E-state index contributed by atoms with van der Waals surface area (Å²) in [6.45, 7) is 0. The zero-order valence-electron chi connectivity index (χ0n) is 9.20. The number of amides is 1. The maximum Gasteiger partial charge on any atom is 0.271 e. The highest BCUT2D eigenvalue weighted by Gasteiger charge is 2.22. The van der Waals surface area contributed by atoms with Crippen molar-refractivity contribution in [2.75, 3.05) is 7.11 Å². The maximum absolute atomic E-state index is 13.8. The lowest BCUT2D eigenvalue weighted by atomic mass is 10.1. The molecule has 0 unspecified atom stereocenters. The zero-order valence-corrected chi connectivity index (χ0v) is 9.20. The van der Waals surface area contributed by atoms with E-state index in [1.165, 1.54) is 7.11 Å². The number of nitrogens with zero attached hydrogens (tertiary/aromatic N) is 2. The lowest BCUT2D eigenvalue weighted by Gasteiger charge is -2.05. The molecule has 0 saturated carbocycles. The van der Waals surface area contributed by atoms with Gasteiger partial charge in [-0.2, -0.15) is 15.4 Å². The molecule has 18 heavy (non-hydrogen) atoms. The molecule has 1 aromatic carbocycles. The fourth-order valence-corrected chi connectivity index (χ4v) is 1.47. The number of aromatic nitrogens is 3. The van der Waals surface area contributed by atoms with Crippen LogP contribution in [-0.2, 0) is 0 Å². The normalized spacial score (nSPS) is 10.4. The molecule has 1 heterocycles. The van der Waals surface area contributed by atoms with Crippen molar-refractivity contribution in [1.82, 2.24) is 15.4 Å². The number of nitrogens with two attached hydrogens (primary N) is 1. The fraction of sp³-hybridized carbons (Fsp3) is 0.100. The molecular weight excluding hydrogens is 246 g/mol. The van der Waals surface area contributed by atoms with E-state index in [0.29, 0.717) is 0 Å². The number of halogens is 2. The van der Waals surface area contributed by atoms with E-state index in [4.69, 9.17) is 10.5 Å². The van der Waals surface area contributed by atoms with Gasteiger partial charge in [0.1, 0.15) is 23.1 Å². The SMILES string of the molecule is COc1cc(F)c(-c2n[nH]nc2C(N)=O)c(F)c1. The van der Waals surface area contributed by atoms with Crippen LogP contribution in [0.1, 0.15) is 10.5 Å². The summed E-state index contributed by atoms with van der Waals surface area (Å²) in [6, 6.07) is 1.94. The van der Waals surface area contributed by atoms with E-state index in [-0.39, 0.29) is 17.1 Å². The number of H-pyrrole nitrogens is 1. The second kappa shape index (κ2) is 4.40. The number of hydrogen-bond donors (Lipinski definition) is 2. The third-order valence-corrected chi connectivity index (χ3v) is 2.27. The van der Waals surface area contributed by atoms with E-state index in [1.54, 1.807) is 0 Å². The molecule has 0 fully saturated rings. The molecule has 2 aromatic rings. The van der Waals surface area contributed by atoms with Crippen LogP contribution in [0.4, 0.5) is 8.78 Å². The fourth-order valence-electron chi connectivity index (χ4n) is 1.47. The lowest BCUT2D eigenvalue weighted by molar-refractivity contribution is 0.0996. The molecule has 2 rings (SSSR count). The monoisotopic (exact) mass is 254 g/mol. The van der Waals surface area contributed by atoms with Gasteiger partial charge in [-0.25, -0.2) is 8.78 Å². The van der Waals surface area contributed by atoms with E-state index >= 15 is 0 Å². The Hall–Kier alpha value is -2.51. The number of carbonyl (C=O) groups excluding carboxylic acids is 1. The van der Waals surface area contributed by atoms with Crippen LogP contribution < -0.4 is 10.5 Å². The van der Waals surface area contributed by atoms with Gasteiger partial charge in [0.2, 0.25) is 0 Å². The van der Waals surface area contributed by atoms with E-state index in [2.05, 4.69) is 15.4 Å². The number of benzene rings is 1. The first kappa shape index (κ1) is 12.0. The average molecular weight is 254 g/mol. The minimum Gasteiger partial charge on any atom is -0.497 e. The predicted octanol–water partition coefficient (Wildman–Crippen LogP) is 0.857. The first-order chi connectivity index (χ1) is 8.54.